The van der Waals surface area contributed by atoms with Crippen LogP contribution in [0.2, 0.25) is 0 Å². The van der Waals surface area contributed by atoms with E-state index in [4.69, 9.17) is 11.6 Å². The molecule has 1 rings (SSSR count). The first-order valence-electron chi connectivity index (χ1n) is 3.67. The predicted octanol–water partition coefficient (Wildman–Crippen LogP) is 2.91. The molecule has 0 amide bonds. The number of aromatic nitrogens is 1. The van der Waals surface area contributed by atoms with E-state index in [0.29, 0.717) is 6.07 Å². The Bertz CT molecular complexity index is 333. The zero-order chi connectivity index (χ0) is 10.7. The first kappa shape index (κ1) is 11.1. The zero-order valence-corrected chi connectivity index (χ0v) is 7.99. The SMILES string of the molecule is COc1c(F)cc(C(F)F)nc1CCl. The highest BCUT2D eigenvalue weighted by Crippen LogP contribution is 2.27. The van der Waals surface area contributed by atoms with Crippen molar-refractivity contribution in [3.63, 3.8) is 0 Å². The highest BCUT2D eigenvalue weighted by atomic mass is 35.5. The lowest BCUT2D eigenvalue weighted by Crippen LogP contribution is -2.01. The summed E-state index contributed by atoms with van der Waals surface area (Å²) in [6.07, 6.45) is -2.82. The molecule has 0 atom stereocenters. The lowest BCUT2D eigenvalue weighted by molar-refractivity contribution is 0.145. The van der Waals surface area contributed by atoms with E-state index in [2.05, 4.69) is 9.72 Å². The minimum atomic E-state index is -2.82. The van der Waals surface area contributed by atoms with Gasteiger partial charge in [-0.2, -0.15) is 0 Å². The molecular formula is C8H7ClF3NO. The molecule has 0 aliphatic carbocycles. The Balaban J connectivity index is 3.24. The largest absolute Gasteiger partial charge is 0.492 e. The van der Waals surface area contributed by atoms with Crippen LogP contribution >= 0.6 is 11.6 Å². The van der Waals surface area contributed by atoms with Crippen LogP contribution in [0.25, 0.3) is 0 Å². The molecule has 1 heterocycles. The Morgan fingerprint density at radius 3 is 2.64 bits per heavy atom. The van der Waals surface area contributed by atoms with Crippen molar-refractivity contribution in [2.75, 3.05) is 7.11 Å². The Morgan fingerprint density at radius 1 is 1.57 bits per heavy atom. The second-order valence-corrected chi connectivity index (χ2v) is 2.71. The molecule has 0 bridgehead atoms. The highest BCUT2D eigenvalue weighted by Gasteiger charge is 2.17. The van der Waals surface area contributed by atoms with E-state index in [1.807, 2.05) is 0 Å². The van der Waals surface area contributed by atoms with Gasteiger partial charge in [0.25, 0.3) is 6.43 Å². The van der Waals surface area contributed by atoms with E-state index >= 15 is 0 Å². The van der Waals surface area contributed by atoms with Crippen LogP contribution < -0.4 is 4.74 Å². The Hall–Kier alpha value is -0.970. The highest BCUT2D eigenvalue weighted by molar-refractivity contribution is 6.17. The van der Waals surface area contributed by atoms with Gasteiger partial charge < -0.3 is 4.74 Å². The number of rotatable bonds is 3. The van der Waals surface area contributed by atoms with E-state index in [1.165, 1.54) is 7.11 Å². The number of ether oxygens (including phenoxy) is 1. The number of methoxy groups -OCH3 is 1. The number of halogens is 4. The van der Waals surface area contributed by atoms with Crippen LogP contribution in [0.4, 0.5) is 13.2 Å². The van der Waals surface area contributed by atoms with Crippen molar-refractivity contribution in [3.05, 3.63) is 23.3 Å². The minimum Gasteiger partial charge on any atom is -0.492 e. The maximum absolute atomic E-state index is 13.1. The summed E-state index contributed by atoms with van der Waals surface area (Å²) in [6.45, 7) is 0. The molecule has 1 aromatic heterocycles. The summed E-state index contributed by atoms with van der Waals surface area (Å²) in [5, 5.41) is 0. The van der Waals surface area contributed by atoms with Gasteiger partial charge in [0.15, 0.2) is 11.6 Å². The Morgan fingerprint density at radius 2 is 2.21 bits per heavy atom. The number of pyridine rings is 1. The van der Waals surface area contributed by atoms with Crippen LogP contribution in [-0.4, -0.2) is 12.1 Å². The van der Waals surface area contributed by atoms with Crippen LogP contribution in [0.15, 0.2) is 6.07 Å². The van der Waals surface area contributed by atoms with Crippen LogP contribution in [-0.2, 0) is 5.88 Å². The third-order valence-corrected chi connectivity index (χ3v) is 1.83. The lowest BCUT2D eigenvalue weighted by atomic mass is 10.3. The molecule has 0 aromatic carbocycles. The van der Waals surface area contributed by atoms with Crippen molar-refractivity contribution in [2.24, 2.45) is 0 Å². The molecule has 78 valence electrons. The van der Waals surface area contributed by atoms with Crippen molar-refractivity contribution < 1.29 is 17.9 Å². The Kier molecular flexibility index (Phi) is 3.57. The third kappa shape index (κ3) is 2.09. The van der Waals surface area contributed by atoms with Crippen molar-refractivity contribution >= 4 is 11.6 Å². The van der Waals surface area contributed by atoms with Crippen LogP contribution in [0, 0.1) is 5.82 Å². The third-order valence-electron chi connectivity index (χ3n) is 1.57. The second-order valence-electron chi connectivity index (χ2n) is 2.44. The molecule has 0 saturated heterocycles. The molecule has 0 saturated carbocycles. The average molecular weight is 226 g/mol. The van der Waals surface area contributed by atoms with Crippen molar-refractivity contribution in [3.8, 4) is 5.75 Å². The molecule has 6 heteroatoms. The fourth-order valence-electron chi connectivity index (χ4n) is 0.990. The van der Waals surface area contributed by atoms with Gasteiger partial charge in [-0.25, -0.2) is 18.2 Å². The number of nitrogens with zero attached hydrogens (tertiary/aromatic N) is 1. The molecule has 14 heavy (non-hydrogen) atoms. The molecular weight excluding hydrogens is 219 g/mol. The van der Waals surface area contributed by atoms with Gasteiger partial charge in [0.2, 0.25) is 0 Å². The first-order valence-corrected chi connectivity index (χ1v) is 4.21. The van der Waals surface area contributed by atoms with Crippen LogP contribution in [0.5, 0.6) is 5.75 Å². The lowest BCUT2D eigenvalue weighted by Gasteiger charge is -2.08. The molecule has 0 unspecified atom stereocenters. The molecule has 0 spiro atoms. The Labute approximate surface area is 83.7 Å². The molecule has 0 N–H and O–H groups in total. The summed E-state index contributed by atoms with van der Waals surface area (Å²) in [5.41, 5.74) is -0.664. The quantitative estimate of drug-likeness (QED) is 0.738. The van der Waals surface area contributed by atoms with Gasteiger partial charge in [0, 0.05) is 6.07 Å². The van der Waals surface area contributed by atoms with Gasteiger partial charge >= 0.3 is 0 Å². The van der Waals surface area contributed by atoms with Gasteiger partial charge in [-0.15, -0.1) is 11.6 Å². The number of hydrogen-bond acceptors (Lipinski definition) is 2. The van der Waals surface area contributed by atoms with Gasteiger partial charge in [-0.1, -0.05) is 0 Å². The van der Waals surface area contributed by atoms with Crippen LogP contribution in [0.1, 0.15) is 17.8 Å². The van der Waals surface area contributed by atoms with E-state index < -0.39 is 17.9 Å². The molecule has 0 aliphatic heterocycles. The van der Waals surface area contributed by atoms with Crippen LogP contribution in [0.3, 0.4) is 0 Å². The summed E-state index contributed by atoms with van der Waals surface area (Å²) >= 11 is 5.41. The molecule has 1 aromatic rings. The van der Waals surface area contributed by atoms with Gasteiger partial charge in [0.05, 0.1) is 13.0 Å². The van der Waals surface area contributed by atoms with Crippen molar-refractivity contribution in [1.29, 1.82) is 0 Å². The standard InChI is InChI=1S/C8H7ClF3NO/c1-14-7-4(10)2-5(8(11)12)13-6(7)3-9/h2,8H,3H2,1H3. The summed E-state index contributed by atoms with van der Waals surface area (Å²) in [7, 11) is 1.22. The maximum atomic E-state index is 13.1. The number of hydrogen-bond donors (Lipinski definition) is 0. The molecule has 0 aliphatic rings. The smallest absolute Gasteiger partial charge is 0.280 e. The fraction of sp³-hybridized carbons (Fsp3) is 0.375. The molecule has 0 fully saturated rings. The van der Waals surface area contributed by atoms with Gasteiger partial charge in [0.1, 0.15) is 11.4 Å². The summed E-state index contributed by atoms with van der Waals surface area (Å²) in [4.78, 5) is 3.48. The molecule has 0 radical (unpaired) electrons. The first-order chi connectivity index (χ1) is 6.60. The summed E-state index contributed by atoms with van der Waals surface area (Å²) < 4.78 is 42.1. The maximum Gasteiger partial charge on any atom is 0.280 e. The van der Waals surface area contributed by atoms with Gasteiger partial charge in [-0.05, 0) is 0 Å². The van der Waals surface area contributed by atoms with E-state index in [1.54, 1.807) is 0 Å². The fourth-order valence-corrected chi connectivity index (χ4v) is 1.17. The molecule has 2 nitrogen and oxygen atoms in total. The summed E-state index contributed by atoms with van der Waals surface area (Å²) in [6, 6.07) is 0.638. The van der Waals surface area contributed by atoms with E-state index in [9.17, 15) is 13.2 Å². The zero-order valence-electron chi connectivity index (χ0n) is 7.23. The predicted molar refractivity (Wildman–Crippen MR) is 45.3 cm³/mol. The van der Waals surface area contributed by atoms with Gasteiger partial charge in [-0.3, -0.25) is 0 Å². The van der Waals surface area contributed by atoms with Crippen molar-refractivity contribution in [2.45, 2.75) is 12.3 Å². The topological polar surface area (TPSA) is 22.1 Å². The summed E-state index contributed by atoms with van der Waals surface area (Å²) in [5.74, 6) is -1.25. The normalized spacial score (nSPS) is 10.7. The van der Waals surface area contributed by atoms with E-state index in [0.717, 1.165) is 0 Å². The van der Waals surface area contributed by atoms with Crippen molar-refractivity contribution in [1.82, 2.24) is 4.98 Å². The second kappa shape index (κ2) is 4.50. The minimum absolute atomic E-state index is 0.0236. The average Bonchev–Trinajstić information content (AvgIpc) is 2.16. The number of alkyl halides is 3. The van der Waals surface area contributed by atoms with E-state index in [-0.39, 0.29) is 17.3 Å². The monoisotopic (exact) mass is 225 g/mol.